The number of hydrogen-bond donors (Lipinski definition) is 1. The van der Waals surface area contributed by atoms with E-state index in [0.717, 1.165) is 5.56 Å². The lowest BCUT2D eigenvalue weighted by Crippen LogP contribution is -2.15. The predicted molar refractivity (Wildman–Crippen MR) is 66.1 cm³/mol. The minimum Gasteiger partial charge on any atom is -0.305 e. The van der Waals surface area contributed by atoms with Crippen molar-refractivity contribution in [2.45, 2.75) is 6.92 Å². The van der Waals surface area contributed by atoms with Crippen molar-refractivity contribution in [2.75, 3.05) is 5.32 Å². The molecule has 0 unspecified atom stereocenters. The summed E-state index contributed by atoms with van der Waals surface area (Å²) >= 11 is 5.56. The fourth-order valence-corrected chi connectivity index (χ4v) is 1.48. The van der Waals surface area contributed by atoms with Gasteiger partial charge in [-0.1, -0.05) is 23.2 Å². The average molecular weight is 266 g/mol. The Morgan fingerprint density at radius 1 is 1.28 bits per heavy atom. The van der Waals surface area contributed by atoms with E-state index in [9.17, 15) is 9.18 Å². The molecule has 1 aromatic carbocycles. The average Bonchev–Trinajstić information content (AvgIpc) is 2.35. The normalized spacial score (nSPS) is 10.2. The molecular formula is C12H9ClFN3O. The zero-order chi connectivity index (χ0) is 13.1. The van der Waals surface area contributed by atoms with Gasteiger partial charge in [-0.15, -0.1) is 10.2 Å². The first kappa shape index (κ1) is 12.4. The van der Waals surface area contributed by atoms with Gasteiger partial charge in [0.1, 0.15) is 5.82 Å². The molecule has 2 aromatic rings. The van der Waals surface area contributed by atoms with Gasteiger partial charge in [0.2, 0.25) is 0 Å². The van der Waals surface area contributed by atoms with E-state index in [1.54, 1.807) is 13.0 Å². The molecule has 2 rings (SSSR count). The SMILES string of the molecule is Cc1ccc(F)c(C(=O)Nc2ccc(Cl)nn2)c1. The number of nitrogens with one attached hydrogen (secondary N) is 1. The number of anilines is 1. The van der Waals surface area contributed by atoms with Crippen LogP contribution in [0.2, 0.25) is 5.15 Å². The van der Waals surface area contributed by atoms with Crippen LogP contribution in [0.5, 0.6) is 0 Å². The number of benzene rings is 1. The molecule has 0 spiro atoms. The minimum absolute atomic E-state index is 0.0354. The first-order valence-electron chi connectivity index (χ1n) is 5.13. The molecule has 92 valence electrons. The molecule has 1 aromatic heterocycles. The monoisotopic (exact) mass is 265 g/mol. The Kier molecular flexibility index (Phi) is 3.53. The molecule has 0 aliphatic carbocycles. The number of nitrogens with zero attached hydrogens (tertiary/aromatic N) is 2. The van der Waals surface area contributed by atoms with Crippen molar-refractivity contribution in [3.8, 4) is 0 Å². The molecule has 0 fully saturated rings. The lowest BCUT2D eigenvalue weighted by molar-refractivity contribution is 0.102. The maximum Gasteiger partial charge on any atom is 0.259 e. The van der Waals surface area contributed by atoms with Crippen molar-refractivity contribution in [1.29, 1.82) is 0 Å². The number of halogens is 2. The molecular weight excluding hydrogens is 257 g/mol. The second-order valence-electron chi connectivity index (χ2n) is 3.68. The van der Waals surface area contributed by atoms with Gasteiger partial charge in [-0.25, -0.2) is 4.39 Å². The zero-order valence-corrected chi connectivity index (χ0v) is 10.2. The summed E-state index contributed by atoms with van der Waals surface area (Å²) in [4.78, 5) is 11.8. The molecule has 18 heavy (non-hydrogen) atoms. The van der Waals surface area contributed by atoms with E-state index in [2.05, 4.69) is 15.5 Å². The number of carbonyl (C=O) groups excluding carboxylic acids is 1. The van der Waals surface area contributed by atoms with Gasteiger partial charge < -0.3 is 5.32 Å². The van der Waals surface area contributed by atoms with Crippen molar-refractivity contribution < 1.29 is 9.18 Å². The van der Waals surface area contributed by atoms with Crippen LogP contribution in [0.4, 0.5) is 10.2 Å². The van der Waals surface area contributed by atoms with Crippen LogP contribution in [-0.2, 0) is 0 Å². The van der Waals surface area contributed by atoms with Gasteiger partial charge in [-0.05, 0) is 31.2 Å². The van der Waals surface area contributed by atoms with Crippen LogP contribution in [0.15, 0.2) is 30.3 Å². The molecule has 0 aliphatic rings. The lowest BCUT2D eigenvalue weighted by atomic mass is 10.1. The third-order valence-electron chi connectivity index (χ3n) is 2.24. The first-order chi connectivity index (χ1) is 8.56. The molecule has 1 N–H and O–H groups in total. The van der Waals surface area contributed by atoms with Crippen molar-refractivity contribution in [1.82, 2.24) is 10.2 Å². The number of aryl methyl sites for hydroxylation is 1. The Labute approximate surface area is 108 Å². The smallest absolute Gasteiger partial charge is 0.259 e. The summed E-state index contributed by atoms with van der Waals surface area (Å²) in [7, 11) is 0. The Hall–Kier alpha value is -2.01. The fraction of sp³-hybridized carbons (Fsp3) is 0.0833. The van der Waals surface area contributed by atoms with Crippen LogP contribution < -0.4 is 5.32 Å². The van der Waals surface area contributed by atoms with Crippen LogP contribution in [0, 0.1) is 12.7 Å². The number of aromatic nitrogens is 2. The maximum atomic E-state index is 13.5. The summed E-state index contributed by atoms with van der Waals surface area (Å²) < 4.78 is 13.5. The van der Waals surface area contributed by atoms with Gasteiger partial charge in [0.25, 0.3) is 5.91 Å². The van der Waals surface area contributed by atoms with Gasteiger partial charge in [-0.3, -0.25) is 4.79 Å². The molecule has 0 saturated carbocycles. The summed E-state index contributed by atoms with van der Waals surface area (Å²) in [6.45, 7) is 1.78. The van der Waals surface area contributed by atoms with E-state index < -0.39 is 11.7 Å². The summed E-state index contributed by atoms with van der Waals surface area (Å²) in [6.07, 6.45) is 0. The second-order valence-corrected chi connectivity index (χ2v) is 4.07. The predicted octanol–water partition coefficient (Wildman–Crippen LogP) is 2.83. The highest BCUT2D eigenvalue weighted by Gasteiger charge is 2.12. The maximum absolute atomic E-state index is 13.5. The van der Waals surface area contributed by atoms with Gasteiger partial charge >= 0.3 is 0 Å². The third kappa shape index (κ3) is 2.81. The van der Waals surface area contributed by atoms with E-state index in [1.165, 1.54) is 24.3 Å². The standard InChI is InChI=1S/C12H9ClFN3O/c1-7-2-3-9(14)8(6-7)12(18)15-11-5-4-10(13)16-17-11/h2-6H,1H3,(H,15,17,18). The van der Waals surface area contributed by atoms with E-state index in [0.29, 0.717) is 0 Å². The quantitative estimate of drug-likeness (QED) is 0.908. The van der Waals surface area contributed by atoms with Crippen molar-refractivity contribution >= 4 is 23.3 Å². The molecule has 0 atom stereocenters. The molecule has 0 saturated heterocycles. The van der Waals surface area contributed by atoms with Crippen LogP contribution in [0.3, 0.4) is 0 Å². The number of carbonyl (C=O) groups is 1. The summed E-state index contributed by atoms with van der Waals surface area (Å²) in [5.41, 5.74) is 0.760. The lowest BCUT2D eigenvalue weighted by Gasteiger charge is -2.05. The molecule has 0 radical (unpaired) electrons. The molecule has 0 aliphatic heterocycles. The summed E-state index contributed by atoms with van der Waals surface area (Å²) in [6, 6.07) is 7.28. The number of rotatable bonds is 2. The van der Waals surface area contributed by atoms with Gasteiger partial charge in [0.05, 0.1) is 5.56 Å². The fourth-order valence-electron chi connectivity index (χ4n) is 1.38. The van der Waals surface area contributed by atoms with Crippen LogP contribution >= 0.6 is 11.6 Å². The third-order valence-corrected chi connectivity index (χ3v) is 2.44. The van der Waals surface area contributed by atoms with Crippen LogP contribution in [-0.4, -0.2) is 16.1 Å². The van der Waals surface area contributed by atoms with Crippen LogP contribution in [0.1, 0.15) is 15.9 Å². The van der Waals surface area contributed by atoms with E-state index >= 15 is 0 Å². The van der Waals surface area contributed by atoms with Gasteiger partial charge in [0.15, 0.2) is 11.0 Å². The Morgan fingerprint density at radius 3 is 2.72 bits per heavy atom. The van der Waals surface area contributed by atoms with Crippen molar-refractivity contribution in [3.63, 3.8) is 0 Å². The summed E-state index contributed by atoms with van der Waals surface area (Å²) in [5.74, 6) is -0.946. The minimum atomic E-state index is -0.583. The Morgan fingerprint density at radius 2 is 2.06 bits per heavy atom. The molecule has 6 heteroatoms. The number of hydrogen-bond acceptors (Lipinski definition) is 3. The highest BCUT2D eigenvalue weighted by Crippen LogP contribution is 2.13. The number of amides is 1. The highest BCUT2D eigenvalue weighted by atomic mass is 35.5. The molecule has 1 amide bonds. The van der Waals surface area contributed by atoms with E-state index in [4.69, 9.17) is 11.6 Å². The molecule has 4 nitrogen and oxygen atoms in total. The molecule has 1 heterocycles. The van der Waals surface area contributed by atoms with Gasteiger partial charge in [-0.2, -0.15) is 0 Å². The highest BCUT2D eigenvalue weighted by molar-refractivity contribution is 6.29. The Bertz CT molecular complexity index is 586. The second kappa shape index (κ2) is 5.10. The van der Waals surface area contributed by atoms with Crippen molar-refractivity contribution in [2.24, 2.45) is 0 Å². The Balaban J connectivity index is 2.21. The first-order valence-corrected chi connectivity index (χ1v) is 5.51. The molecule has 0 bridgehead atoms. The zero-order valence-electron chi connectivity index (χ0n) is 9.45. The van der Waals surface area contributed by atoms with Crippen LogP contribution in [0.25, 0.3) is 0 Å². The van der Waals surface area contributed by atoms with Gasteiger partial charge in [0, 0.05) is 0 Å². The topological polar surface area (TPSA) is 54.9 Å². The van der Waals surface area contributed by atoms with E-state index in [-0.39, 0.29) is 16.5 Å². The summed E-state index contributed by atoms with van der Waals surface area (Å²) in [5, 5.41) is 9.89. The van der Waals surface area contributed by atoms with E-state index in [1.807, 2.05) is 0 Å². The largest absolute Gasteiger partial charge is 0.305 e. The van der Waals surface area contributed by atoms with Crippen molar-refractivity contribution in [3.05, 3.63) is 52.4 Å².